The molecular weight excluding hydrogens is 264 g/mol. The van der Waals surface area contributed by atoms with Crippen molar-refractivity contribution in [3.8, 4) is 0 Å². The molecule has 1 aromatic carbocycles. The van der Waals surface area contributed by atoms with E-state index in [1.165, 1.54) is 25.0 Å². The van der Waals surface area contributed by atoms with Gasteiger partial charge >= 0.3 is 0 Å². The van der Waals surface area contributed by atoms with Gasteiger partial charge in [-0.3, -0.25) is 0 Å². The molecule has 19 heavy (non-hydrogen) atoms. The average Bonchev–Trinajstić information content (AvgIpc) is 2.37. The third kappa shape index (κ3) is 4.18. The Balaban J connectivity index is 1.98. The molecule has 0 spiro atoms. The Bertz CT molecular complexity index is 404. The molecule has 1 saturated carbocycles. The predicted octanol–water partition coefficient (Wildman–Crippen LogP) is 4.29. The van der Waals surface area contributed by atoms with Gasteiger partial charge in [0, 0.05) is 23.4 Å². The molecule has 1 aliphatic carbocycles. The van der Waals surface area contributed by atoms with Gasteiger partial charge in [0.15, 0.2) is 0 Å². The van der Waals surface area contributed by atoms with E-state index in [-0.39, 0.29) is 6.04 Å². The van der Waals surface area contributed by atoms with Crippen molar-refractivity contribution >= 4 is 11.8 Å². The molecule has 1 N–H and O–H groups in total. The van der Waals surface area contributed by atoms with E-state index in [2.05, 4.69) is 11.6 Å². The molecule has 1 fully saturated rings. The van der Waals surface area contributed by atoms with Crippen LogP contribution < -0.4 is 5.32 Å². The lowest BCUT2D eigenvalue weighted by Crippen LogP contribution is -2.36. The zero-order valence-electron chi connectivity index (χ0n) is 11.5. The third-order valence-electron chi connectivity index (χ3n) is 3.83. The van der Waals surface area contributed by atoms with Crippen molar-refractivity contribution in [3.63, 3.8) is 0 Å². The Labute approximate surface area is 118 Å². The lowest BCUT2D eigenvalue weighted by molar-refractivity contribution is 0.352. The maximum absolute atomic E-state index is 13.2. The van der Waals surface area contributed by atoms with Crippen molar-refractivity contribution in [2.45, 2.75) is 49.9 Å². The molecule has 3 unspecified atom stereocenters. The van der Waals surface area contributed by atoms with Crippen molar-refractivity contribution in [1.82, 2.24) is 5.32 Å². The van der Waals surface area contributed by atoms with Crippen molar-refractivity contribution in [2.75, 3.05) is 6.26 Å². The van der Waals surface area contributed by atoms with Crippen LogP contribution in [0.25, 0.3) is 0 Å². The summed E-state index contributed by atoms with van der Waals surface area (Å²) in [6.07, 6.45) is 6.96. The molecule has 1 aromatic rings. The average molecular weight is 285 g/mol. The molecule has 4 heteroatoms. The summed E-state index contributed by atoms with van der Waals surface area (Å²) in [5.41, 5.74) is 0.684. The summed E-state index contributed by atoms with van der Waals surface area (Å²) in [5, 5.41) is 4.22. The highest BCUT2D eigenvalue weighted by atomic mass is 32.2. The van der Waals surface area contributed by atoms with E-state index in [1.54, 1.807) is 0 Å². The molecule has 0 amide bonds. The second kappa shape index (κ2) is 6.71. The Hall–Kier alpha value is -0.610. The smallest absolute Gasteiger partial charge is 0.126 e. The van der Waals surface area contributed by atoms with Crippen LogP contribution in [-0.4, -0.2) is 17.5 Å². The van der Waals surface area contributed by atoms with E-state index in [0.717, 1.165) is 18.9 Å². The van der Waals surface area contributed by atoms with Crippen LogP contribution in [0.4, 0.5) is 8.78 Å². The zero-order valence-corrected chi connectivity index (χ0v) is 12.3. The first-order valence-corrected chi connectivity index (χ1v) is 8.12. The number of thioether (sulfide) groups is 1. The maximum Gasteiger partial charge on any atom is 0.126 e. The topological polar surface area (TPSA) is 12.0 Å². The van der Waals surface area contributed by atoms with Crippen LogP contribution in [0.3, 0.4) is 0 Å². The first-order chi connectivity index (χ1) is 9.08. The summed E-state index contributed by atoms with van der Waals surface area (Å²) >= 11 is 1.92. The van der Waals surface area contributed by atoms with Gasteiger partial charge in [0.1, 0.15) is 11.6 Å². The summed E-state index contributed by atoms with van der Waals surface area (Å²) in [5.74, 6) is -1.01. The van der Waals surface area contributed by atoms with Crippen LogP contribution in [0.1, 0.15) is 44.2 Å². The van der Waals surface area contributed by atoms with Gasteiger partial charge in [-0.1, -0.05) is 6.42 Å². The Kier molecular flexibility index (Phi) is 5.22. The second-order valence-electron chi connectivity index (χ2n) is 5.31. The van der Waals surface area contributed by atoms with E-state index in [4.69, 9.17) is 0 Å². The number of hydrogen-bond acceptors (Lipinski definition) is 2. The predicted molar refractivity (Wildman–Crippen MR) is 77.5 cm³/mol. The van der Waals surface area contributed by atoms with E-state index >= 15 is 0 Å². The number of halogens is 2. The first kappa shape index (κ1) is 14.8. The molecule has 0 bridgehead atoms. The number of benzene rings is 1. The second-order valence-corrected chi connectivity index (χ2v) is 6.45. The van der Waals surface area contributed by atoms with Crippen LogP contribution in [0, 0.1) is 11.6 Å². The lowest BCUT2D eigenvalue weighted by atomic mass is 9.93. The van der Waals surface area contributed by atoms with Gasteiger partial charge in [-0.25, -0.2) is 8.78 Å². The molecule has 1 nitrogen and oxygen atoms in total. The fourth-order valence-electron chi connectivity index (χ4n) is 2.79. The van der Waals surface area contributed by atoms with Crippen LogP contribution in [0.5, 0.6) is 0 Å². The molecule has 0 aromatic heterocycles. The molecule has 2 rings (SSSR count). The standard InChI is InChI=1S/C15H21F2NS/c1-10(11-6-12(16)8-13(17)7-11)18-14-4-3-5-15(9-14)19-2/h6-8,10,14-15,18H,3-5,9H2,1-2H3. The molecule has 106 valence electrons. The molecule has 0 radical (unpaired) electrons. The highest BCUT2D eigenvalue weighted by molar-refractivity contribution is 7.99. The summed E-state index contributed by atoms with van der Waals surface area (Å²) in [6.45, 7) is 1.97. The first-order valence-electron chi connectivity index (χ1n) is 6.83. The molecule has 3 atom stereocenters. The SMILES string of the molecule is CSC1CCCC(NC(C)c2cc(F)cc(F)c2)C1. The highest BCUT2D eigenvalue weighted by Crippen LogP contribution is 2.28. The molecule has 0 aliphatic heterocycles. The van der Waals surface area contributed by atoms with Gasteiger partial charge < -0.3 is 5.32 Å². The fourth-order valence-corrected chi connectivity index (χ4v) is 3.61. The minimum absolute atomic E-state index is 0.0178. The lowest BCUT2D eigenvalue weighted by Gasteiger charge is -2.31. The van der Waals surface area contributed by atoms with Crippen LogP contribution in [0.2, 0.25) is 0 Å². The van der Waals surface area contributed by atoms with E-state index in [1.807, 2.05) is 18.7 Å². The summed E-state index contributed by atoms with van der Waals surface area (Å²) in [6, 6.07) is 4.18. The number of rotatable bonds is 4. The van der Waals surface area contributed by atoms with Crippen LogP contribution in [0.15, 0.2) is 18.2 Å². The largest absolute Gasteiger partial charge is 0.307 e. The highest BCUT2D eigenvalue weighted by Gasteiger charge is 2.22. The van der Waals surface area contributed by atoms with Gasteiger partial charge in [0.05, 0.1) is 0 Å². The van der Waals surface area contributed by atoms with Crippen molar-refractivity contribution in [2.24, 2.45) is 0 Å². The zero-order chi connectivity index (χ0) is 13.8. The minimum Gasteiger partial charge on any atom is -0.307 e. The summed E-state index contributed by atoms with van der Waals surface area (Å²) in [7, 11) is 0. The molecule has 0 saturated heterocycles. The Morgan fingerprint density at radius 1 is 1.21 bits per heavy atom. The van der Waals surface area contributed by atoms with Gasteiger partial charge in [0.2, 0.25) is 0 Å². The summed E-state index contributed by atoms with van der Waals surface area (Å²) in [4.78, 5) is 0. The van der Waals surface area contributed by atoms with E-state index in [9.17, 15) is 8.78 Å². The summed E-state index contributed by atoms with van der Waals surface area (Å²) < 4.78 is 26.4. The fraction of sp³-hybridized carbons (Fsp3) is 0.600. The van der Waals surface area contributed by atoms with Gasteiger partial charge in [-0.05, 0) is 50.1 Å². The van der Waals surface area contributed by atoms with Gasteiger partial charge in [0.25, 0.3) is 0 Å². The number of hydrogen-bond donors (Lipinski definition) is 1. The third-order valence-corrected chi connectivity index (χ3v) is 4.92. The Morgan fingerprint density at radius 3 is 2.53 bits per heavy atom. The van der Waals surface area contributed by atoms with Crippen LogP contribution in [-0.2, 0) is 0 Å². The maximum atomic E-state index is 13.2. The van der Waals surface area contributed by atoms with Crippen molar-refractivity contribution in [3.05, 3.63) is 35.4 Å². The van der Waals surface area contributed by atoms with Crippen molar-refractivity contribution < 1.29 is 8.78 Å². The van der Waals surface area contributed by atoms with E-state index < -0.39 is 11.6 Å². The van der Waals surface area contributed by atoms with E-state index in [0.29, 0.717) is 16.9 Å². The molecule has 0 heterocycles. The van der Waals surface area contributed by atoms with Crippen molar-refractivity contribution in [1.29, 1.82) is 0 Å². The molecule has 1 aliphatic rings. The number of nitrogens with one attached hydrogen (secondary N) is 1. The monoisotopic (exact) mass is 285 g/mol. The normalized spacial score (nSPS) is 25.3. The minimum atomic E-state index is -0.505. The van der Waals surface area contributed by atoms with Gasteiger partial charge in [-0.2, -0.15) is 11.8 Å². The quantitative estimate of drug-likeness (QED) is 0.885. The van der Waals surface area contributed by atoms with Gasteiger partial charge in [-0.15, -0.1) is 0 Å². The molecular formula is C15H21F2NS. The Morgan fingerprint density at radius 2 is 1.89 bits per heavy atom. The van der Waals surface area contributed by atoms with Crippen LogP contribution >= 0.6 is 11.8 Å².